The highest BCUT2D eigenvalue weighted by Gasteiger charge is 2.40. The fraction of sp³-hybridized carbons (Fsp3) is 0.500. The molecule has 21 heavy (non-hydrogen) atoms. The number of benzene rings is 1. The Morgan fingerprint density at radius 1 is 1.43 bits per heavy atom. The van der Waals surface area contributed by atoms with Crippen molar-refractivity contribution in [2.45, 2.75) is 36.6 Å². The van der Waals surface area contributed by atoms with Gasteiger partial charge in [-0.15, -0.1) is 0 Å². The predicted molar refractivity (Wildman–Crippen MR) is 76.3 cm³/mol. The average molecular weight is 310 g/mol. The minimum Gasteiger partial charge on any atom is -0.492 e. The van der Waals surface area contributed by atoms with Crippen molar-refractivity contribution < 1.29 is 17.9 Å². The van der Waals surface area contributed by atoms with Gasteiger partial charge in [0.1, 0.15) is 12.4 Å². The maximum Gasteiger partial charge on any atom is 0.238 e. The van der Waals surface area contributed by atoms with E-state index in [9.17, 15) is 13.2 Å². The molecule has 0 saturated heterocycles. The Morgan fingerprint density at radius 3 is 2.76 bits per heavy atom. The quantitative estimate of drug-likeness (QED) is 0.852. The molecule has 3 N–H and O–H groups in total. The highest BCUT2D eigenvalue weighted by atomic mass is 32.2. The van der Waals surface area contributed by atoms with Gasteiger partial charge in [-0.25, -0.2) is 13.6 Å². The number of carbonyl (C=O) groups excluding carboxylic acids is 1. The van der Waals surface area contributed by atoms with Gasteiger partial charge in [0.2, 0.25) is 15.9 Å². The van der Waals surface area contributed by atoms with E-state index >= 15 is 0 Å². The zero-order chi connectivity index (χ0) is 15.3. The zero-order valence-electron chi connectivity index (χ0n) is 11.8. The second-order valence-electron chi connectivity index (χ2n) is 6.08. The van der Waals surface area contributed by atoms with Crippen LogP contribution in [0.25, 0.3) is 0 Å². The van der Waals surface area contributed by atoms with Gasteiger partial charge in [0, 0.05) is 5.54 Å². The van der Waals surface area contributed by atoms with E-state index in [1.165, 1.54) is 12.1 Å². The Kier molecular flexibility index (Phi) is 3.22. The third-order valence-corrected chi connectivity index (χ3v) is 4.97. The average Bonchev–Trinajstić information content (AvgIpc) is 3.13. The number of carbonyl (C=O) groups is 1. The van der Waals surface area contributed by atoms with Gasteiger partial charge in [0.05, 0.1) is 10.8 Å². The number of hydrogen-bond donors (Lipinski definition) is 2. The van der Waals surface area contributed by atoms with E-state index in [1.807, 2.05) is 6.92 Å². The lowest BCUT2D eigenvalue weighted by molar-refractivity contribution is -0.127. The summed E-state index contributed by atoms with van der Waals surface area (Å²) < 4.78 is 28.3. The molecule has 0 bridgehead atoms. The lowest BCUT2D eigenvalue weighted by Gasteiger charge is -2.26. The molecule has 1 atom stereocenters. The van der Waals surface area contributed by atoms with Crippen molar-refractivity contribution in [3.05, 3.63) is 23.8 Å². The van der Waals surface area contributed by atoms with Crippen LogP contribution in [0.1, 0.15) is 25.3 Å². The van der Waals surface area contributed by atoms with Crippen molar-refractivity contribution in [1.82, 2.24) is 5.32 Å². The van der Waals surface area contributed by atoms with Gasteiger partial charge >= 0.3 is 0 Å². The smallest absolute Gasteiger partial charge is 0.238 e. The van der Waals surface area contributed by atoms with Crippen molar-refractivity contribution >= 4 is 15.9 Å². The standard InChI is InChI=1S/C14H18N2O4S/c1-14(4-5-14)16-13(17)10-6-9-7-11(21(15,18)19)2-3-12(9)20-8-10/h2-3,7,10H,4-6,8H2,1H3,(H,16,17)(H2,15,18,19). The van der Waals surface area contributed by atoms with Crippen LogP contribution in [0.3, 0.4) is 0 Å². The van der Waals surface area contributed by atoms with Crippen LogP contribution in [0.4, 0.5) is 0 Å². The molecule has 6 nitrogen and oxygen atoms in total. The third kappa shape index (κ3) is 3.03. The monoisotopic (exact) mass is 310 g/mol. The van der Waals surface area contributed by atoms with E-state index < -0.39 is 10.0 Å². The molecule has 1 aromatic rings. The molecule has 2 aliphatic rings. The Morgan fingerprint density at radius 2 is 2.14 bits per heavy atom. The summed E-state index contributed by atoms with van der Waals surface area (Å²) in [6, 6.07) is 4.49. The van der Waals surface area contributed by atoms with Gasteiger partial charge in [-0.05, 0) is 49.9 Å². The molecule has 0 spiro atoms. The van der Waals surface area contributed by atoms with E-state index in [1.54, 1.807) is 6.07 Å². The second-order valence-corrected chi connectivity index (χ2v) is 7.64. The Labute approximate surface area is 123 Å². The van der Waals surface area contributed by atoms with E-state index in [0.717, 1.165) is 12.8 Å². The van der Waals surface area contributed by atoms with Crippen LogP contribution in [0.2, 0.25) is 0 Å². The van der Waals surface area contributed by atoms with Gasteiger partial charge in [-0.1, -0.05) is 0 Å². The van der Waals surface area contributed by atoms with Gasteiger partial charge < -0.3 is 10.1 Å². The first kappa shape index (κ1) is 14.3. The molecule has 1 unspecified atom stereocenters. The van der Waals surface area contributed by atoms with Gasteiger partial charge in [0.25, 0.3) is 0 Å². The van der Waals surface area contributed by atoms with E-state index in [4.69, 9.17) is 9.88 Å². The summed E-state index contributed by atoms with van der Waals surface area (Å²) in [7, 11) is -3.75. The molecular formula is C14H18N2O4S. The van der Waals surface area contributed by atoms with Crippen LogP contribution < -0.4 is 15.2 Å². The van der Waals surface area contributed by atoms with E-state index in [0.29, 0.717) is 24.3 Å². The minimum atomic E-state index is -3.75. The number of nitrogens with one attached hydrogen (secondary N) is 1. The molecule has 1 amide bonds. The molecule has 1 aliphatic carbocycles. The normalized spacial score (nSPS) is 22.9. The van der Waals surface area contributed by atoms with Crippen LogP contribution in [0.5, 0.6) is 5.75 Å². The van der Waals surface area contributed by atoms with E-state index in [2.05, 4.69) is 5.32 Å². The molecule has 1 aliphatic heterocycles. The topological polar surface area (TPSA) is 98.5 Å². The highest BCUT2D eigenvalue weighted by Crippen LogP contribution is 2.35. The van der Waals surface area contributed by atoms with Gasteiger partial charge in [-0.2, -0.15) is 0 Å². The number of hydrogen-bond acceptors (Lipinski definition) is 4. The Bertz CT molecular complexity index is 695. The summed E-state index contributed by atoms with van der Waals surface area (Å²) >= 11 is 0. The first-order valence-corrected chi connectivity index (χ1v) is 8.42. The lowest BCUT2D eigenvalue weighted by atomic mass is 9.95. The summed E-state index contributed by atoms with van der Waals surface area (Å²) in [5.74, 6) is 0.274. The Hall–Kier alpha value is -1.60. The zero-order valence-corrected chi connectivity index (χ0v) is 12.6. The summed E-state index contributed by atoms with van der Waals surface area (Å²) in [5.41, 5.74) is 0.633. The molecule has 3 rings (SSSR count). The summed E-state index contributed by atoms with van der Waals surface area (Å²) in [4.78, 5) is 12.3. The third-order valence-electron chi connectivity index (χ3n) is 4.06. The van der Waals surface area contributed by atoms with Crippen molar-refractivity contribution in [2.75, 3.05) is 6.61 Å². The number of primary sulfonamides is 1. The van der Waals surface area contributed by atoms with Crippen LogP contribution in [-0.4, -0.2) is 26.5 Å². The van der Waals surface area contributed by atoms with E-state index in [-0.39, 0.29) is 22.3 Å². The highest BCUT2D eigenvalue weighted by molar-refractivity contribution is 7.89. The predicted octanol–water partition coefficient (Wildman–Crippen LogP) is 0.554. The number of ether oxygens (including phenoxy) is 1. The van der Waals surface area contributed by atoms with Gasteiger partial charge in [-0.3, -0.25) is 4.79 Å². The molecule has 114 valence electrons. The number of rotatable bonds is 3. The first-order chi connectivity index (χ1) is 9.77. The fourth-order valence-electron chi connectivity index (χ4n) is 2.43. The molecule has 7 heteroatoms. The van der Waals surface area contributed by atoms with Crippen molar-refractivity contribution in [3.8, 4) is 5.75 Å². The maximum absolute atomic E-state index is 12.2. The molecule has 1 aromatic carbocycles. The van der Waals surface area contributed by atoms with Crippen LogP contribution >= 0.6 is 0 Å². The minimum absolute atomic E-state index is 0.0401. The fourth-order valence-corrected chi connectivity index (χ4v) is 2.99. The second kappa shape index (κ2) is 4.71. The molecule has 1 heterocycles. The van der Waals surface area contributed by atoms with Crippen LogP contribution in [0.15, 0.2) is 23.1 Å². The summed E-state index contributed by atoms with van der Waals surface area (Å²) in [6.45, 7) is 2.32. The summed E-state index contributed by atoms with van der Waals surface area (Å²) in [5, 5.41) is 8.14. The molecule has 0 aromatic heterocycles. The number of sulfonamides is 1. The van der Waals surface area contributed by atoms with Crippen molar-refractivity contribution in [3.63, 3.8) is 0 Å². The maximum atomic E-state index is 12.2. The molecule has 1 fully saturated rings. The molecule has 1 saturated carbocycles. The number of fused-ring (bicyclic) bond motifs is 1. The number of amides is 1. The first-order valence-electron chi connectivity index (χ1n) is 6.87. The number of nitrogens with two attached hydrogens (primary N) is 1. The summed E-state index contributed by atoms with van der Waals surface area (Å²) in [6.07, 6.45) is 2.46. The van der Waals surface area contributed by atoms with Crippen LogP contribution in [0, 0.1) is 5.92 Å². The van der Waals surface area contributed by atoms with Crippen LogP contribution in [-0.2, 0) is 21.2 Å². The largest absolute Gasteiger partial charge is 0.492 e. The Balaban J connectivity index is 1.79. The lowest BCUT2D eigenvalue weighted by Crippen LogP contribution is -2.42. The van der Waals surface area contributed by atoms with Gasteiger partial charge in [0.15, 0.2) is 0 Å². The molecular weight excluding hydrogens is 292 g/mol. The SMILES string of the molecule is CC1(NC(=O)C2COc3ccc(S(N)(=O)=O)cc3C2)CC1. The van der Waals surface area contributed by atoms with Crippen molar-refractivity contribution in [1.29, 1.82) is 0 Å². The van der Waals surface area contributed by atoms with Crippen molar-refractivity contribution in [2.24, 2.45) is 11.1 Å². The molecule has 0 radical (unpaired) electrons.